The van der Waals surface area contributed by atoms with Gasteiger partial charge in [-0.2, -0.15) is 0 Å². The Morgan fingerprint density at radius 1 is 1.25 bits per heavy atom. The first-order valence-corrected chi connectivity index (χ1v) is 6.26. The van der Waals surface area contributed by atoms with E-state index in [9.17, 15) is 4.79 Å². The van der Waals surface area contributed by atoms with Gasteiger partial charge in [0, 0.05) is 26.3 Å². The molecule has 5 nitrogen and oxygen atoms in total. The van der Waals surface area contributed by atoms with E-state index in [0.717, 1.165) is 5.56 Å². The quantitative estimate of drug-likeness (QED) is 0.844. The third-order valence-corrected chi connectivity index (χ3v) is 2.32. The average molecular weight is 283 g/mol. The van der Waals surface area contributed by atoms with E-state index in [0.29, 0.717) is 5.56 Å². The summed E-state index contributed by atoms with van der Waals surface area (Å²) in [7, 11) is 3.04. The van der Waals surface area contributed by atoms with Crippen LogP contribution in [0.15, 0.2) is 24.3 Å². The standard InChI is InChI=1S/C15H23NO4/c1-15(2,3)20-14(17)16-10-11-6-8-12(9-7-11)13(18-4)19-5/h6-9,13H,10H2,1-5H3,(H,16,17)/i10D2. The Morgan fingerprint density at radius 3 is 2.25 bits per heavy atom. The van der Waals surface area contributed by atoms with Crippen molar-refractivity contribution in [1.29, 1.82) is 0 Å². The Hall–Kier alpha value is -1.59. The zero-order valence-corrected chi connectivity index (χ0v) is 12.5. The highest BCUT2D eigenvalue weighted by Crippen LogP contribution is 2.17. The highest BCUT2D eigenvalue weighted by atomic mass is 16.7. The molecule has 1 N–H and O–H groups in total. The van der Waals surface area contributed by atoms with Gasteiger partial charge in [-0.1, -0.05) is 24.3 Å². The first-order valence-electron chi connectivity index (χ1n) is 7.26. The summed E-state index contributed by atoms with van der Waals surface area (Å²) < 4.78 is 31.2. The van der Waals surface area contributed by atoms with Crippen molar-refractivity contribution in [2.75, 3.05) is 14.2 Å². The minimum atomic E-state index is -2.05. The Bertz CT molecular complexity index is 493. The molecule has 0 saturated carbocycles. The first kappa shape index (κ1) is 13.4. The van der Waals surface area contributed by atoms with Crippen molar-refractivity contribution in [1.82, 2.24) is 5.32 Å². The number of methoxy groups -OCH3 is 2. The second kappa shape index (κ2) is 7.26. The number of ether oxygens (including phenoxy) is 3. The van der Waals surface area contributed by atoms with E-state index in [2.05, 4.69) is 5.32 Å². The second-order valence-electron chi connectivity index (χ2n) is 5.18. The smallest absolute Gasteiger partial charge is 0.407 e. The summed E-state index contributed by atoms with van der Waals surface area (Å²) in [4.78, 5) is 11.7. The van der Waals surface area contributed by atoms with Gasteiger partial charge in [-0.25, -0.2) is 4.79 Å². The van der Waals surface area contributed by atoms with Crippen LogP contribution in [0, 0.1) is 0 Å². The molecule has 0 saturated heterocycles. The SMILES string of the molecule is [2H]C([2H])(NC(=O)OC(C)(C)C)c1ccc(C(OC)OC)cc1. The van der Waals surface area contributed by atoms with Crippen LogP contribution in [0.25, 0.3) is 0 Å². The van der Waals surface area contributed by atoms with Crippen LogP contribution in [0.5, 0.6) is 0 Å². The van der Waals surface area contributed by atoms with Gasteiger partial charge in [0.05, 0.1) is 2.74 Å². The average Bonchev–Trinajstić information content (AvgIpc) is 2.37. The third-order valence-electron chi connectivity index (χ3n) is 2.32. The molecule has 0 aliphatic rings. The Balaban J connectivity index is 2.83. The van der Waals surface area contributed by atoms with Gasteiger partial charge < -0.3 is 19.5 Å². The summed E-state index contributed by atoms with van der Waals surface area (Å²) in [6, 6.07) is 6.50. The molecule has 0 aliphatic carbocycles. The summed E-state index contributed by atoms with van der Waals surface area (Å²) >= 11 is 0. The van der Waals surface area contributed by atoms with Gasteiger partial charge in [0.2, 0.25) is 0 Å². The van der Waals surface area contributed by atoms with Crippen molar-refractivity contribution in [2.45, 2.75) is 39.2 Å². The van der Waals surface area contributed by atoms with E-state index in [1.165, 1.54) is 14.2 Å². The lowest BCUT2D eigenvalue weighted by Crippen LogP contribution is -2.32. The number of carbonyl (C=O) groups is 1. The number of alkyl carbamates (subject to hydrolysis) is 1. The molecular formula is C15H23NO4. The van der Waals surface area contributed by atoms with E-state index in [1.54, 1.807) is 45.0 Å². The van der Waals surface area contributed by atoms with Crippen molar-refractivity contribution >= 4 is 6.09 Å². The molecule has 1 rings (SSSR count). The normalized spacial score (nSPS) is 13.7. The predicted molar refractivity (Wildman–Crippen MR) is 76.3 cm³/mol. The lowest BCUT2D eigenvalue weighted by atomic mass is 10.1. The minimum absolute atomic E-state index is 0.299. The highest BCUT2D eigenvalue weighted by molar-refractivity contribution is 5.67. The van der Waals surface area contributed by atoms with Gasteiger partial charge in [-0.3, -0.25) is 0 Å². The van der Waals surface area contributed by atoms with Gasteiger partial charge in [-0.15, -0.1) is 0 Å². The maximum absolute atomic E-state index is 11.7. The molecule has 0 unspecified atom stereocenters. The van der Waals surface area contributed by atoms with E-state index in [1.807, 2.05) is 0 Å². The number of hydrogen-bond acceptors (Lipinski definition) is 4. The topological polar surface area (TPSA) is 56.8 Å². The zero-order chi connectivity index (χ0) is 17.0. The number of nitrogens with one attached hydrogen (secondary N) is 1. The molecule has 1 aromatic rings. The van der Waals surface area contributed by atoms with Gasteiger partial charge in [0.1, 0.15) is 5.60 Å². The monoisotopic (exact) mass is 283 g/mol. The summed E-state index contributed by atoms with van der Waals surface area (Å²) in [5, 5.41) is 2.22. The van der Waals surface area contributed by atoms with Crippen LogP contribution >= 0.6 is 0 Å². The largest absolute Gasteiger partial charge is 0.444 e. The molecule has 0 aliphatic heterocycles. The molecule has 0 heterocycles. The fourth-order valence-corrected chi connectivity index (χ4v) is 1.52. The van der Waals surface area contributed by atoms with Crippen molar-refractivity contribution in [3.05, 3.63) is 35.4 Å². The summed E-state index contributed by atoms with van der Waals surface area (Å²) in [6.45, 7) is 3.10. The second-order valence-corrected chi connectivity index (χ2v) is 5.18. The molecule has 5 heteroatoms. The van der Waals surface area contributed by atoms with Crippen LogP contribution in [-0.4, -0.2) is 25.9 Å². The molecule has 0 spiro atoms. The predicted octanol–water partition coefficient (Wildman–Crippen LogP) is 3.00. The van der Waals surface area contributed by atoms with Crippen LogP contribution in [0.1, 0.15) is 40.9 Å². The van der Waals surface area contributed by atoms with E-state index < -0.39 is 24.5 Å². The molecule has 1 amide bonds. The van der Waals surface area contributed by atoms with Crippen LogP contribution in [0.4, 0.5) is 4.79 Å². The van der Waals surface area contributed by atoms with Gasteiger partial charge in [-0.05, 0) is 26.3 Å². The number of benzene rings is 1. The third kappa shape index (κ3) is 5.59. The van der Waals surface area contributed by atoms with Gasteiger partial charge in [0.25, 0.3) is 0 Å². The van der Waals surface area contributed by atoms with E-state index >= 15 is 0 Å². The molecule has 112 valence electrons. The Kier molecular flexibility index (Phi) is 4.86. The minimum Gasteiger partial charge on any atom is -0.444 e. The lowest BCUT2D eigenvalue weighted by Gasteiger charge is -2.19. The zero-order valence-electron chi connectivity index (χ0n) is 14.5. The maximum Gasteiger partial charge on any atom is 0.407 e. The van der Waals surface area contributed by atoms with E-state index in [4.69, 9.17) is 17.0 Å². The number of rotatable bonds is 5. The molecule has 0 atom stereocenters. The molecule has 0 fully saturated rings. The molecule has 0 bridgehead atoms. The number of hydrogen-bond donors (Lipinski definition) is 1. The van der Waals surface area contributed by atoms with Crippen molar-refractivity contribution in [2.24, 2.45) is 0 Å². The molecule has 0 radical (unpaired) electrons. The molecule has 20 heavy (non-hydrogen) atoms. The number of carbonyl (C=O) groups excluding carboxylic acids is 1. The van der Waals surface area contributed by atoms with Crippen molar-refractivity contribution in [3.63, 3.8) is 0 Å². The summed E-state index contributed by atoms with van der Waals surface area (Å²) in [5.41, 5.74) is 0.364. The summed E-state index contributed by atoms with van der Waals surface area (Å²) in [6.07, 6.45) is -1.33. The van der Waals surface area contributed by atoms with Crippen LogP contribution in [0.2, 0.25) is 0 Å². The first-order chi connectivity index (χ1) is 10.1. The van der Waals surface area contributed by atoms with Crippen molar-refractivity contribution < 1.29 is 21.7 Å². The van der Waals surface area contributed by atoms with Crippen LogP contribution in [-0.2, 0) is 20.7 Å². The highest BCUT2D eigenvalue weighted by Gasteiger charge is 2.15. The van der Waals surface area contributed by atoms with Crippen molar-refractivity contribution in [3.8, 4) is 0 Å². The maximum atomic E-state index is 11.7. The van der Waals surface area contributed by atoms with Crippen LogP contribution < -0.4 is 5.32 Å². The Labute approximate surface area is 123 Å². The van der Waals surface area contributed by atoms with Gasteiger partial charge >= 0.3 is 6.09 Å². The van der Waals surface area contributed by atoms with Crippen LogP contribution in [0.3, 0.4) is 0 Å². The lowest BCUT2D eigenvalue weighted by molar-refractivity contribution is -0.106. The fourth-order valence-electron chi connectivity index (χ4n) is 1.52. The fraction of sp³-hybridized carbons (Fsp3) is 0.533. The van der Waals surface area contributed by atoms with E-state index in [-0.39, 0.29) is 0 Å². The summed E-state index contributed by atoms with van der Waals surface area (Å²) in [5.74, 6) is 0. The molecule has 1 aromatic carbocycles. The van der Waals surface area contributed by atoms with Gasteiger partial charge in [0.15, 0.2) is 6.29 Å². The molecular weight excluding hydrogens is 258 g/mol. The number of amides is 1. The molecule has 0 aromatic heterocycles. The Morgan fingerprint density at radius 2 is 1.80 bits per heavy atom.